The van der Waals surface area contributed by atoms with Crippen LogP contribution < -0.4 is 21.1 Å². The van der Waals surface area contributed by atoms with Crippen molar-refractivity contribution in [1.29, 1.82) is 0 Å². The van der Waals surface area contributed by atoms with Gasteiger partial charge < -0.3 is 16.0 Å². The first-order valence-electron chi connectivity index (χ1n) is 11.0. The van der Waals surface area contributed by atoms with Crippen molar-refractivity contribution in [1.82, 2.24) is 5.32 Å². The molecule has 0 amide bonds. The molecule has 6 nitrogen and oxygen atoms in total. The Morgan fingerprint density at radius 2 is 1.87 bits per heavy atom. The van der Waals surface area contributed by atoms with E-state index >= 15 is 0 Å². The number of anilines is 2. The van der Waals surface area contributed by atoms with Crippen LogP contribution in [0.25, 0.3) is 0 Å². The molecule has 1 unspecified atom stereocenters. The predicted octanol–water partition coefficient (Wildman–Crippen LogP) is 4.27. The van der Waals surface area contributed by atoms with Gasteiger partial charge in [0, 0.05) is 23.2 Å². The van der Waals surface area contributed by atoms with Crippen molar-refractivity contribution in [2.45, 2.75) is 73.3 Å². The number of sulfonamides is 1. The Morgan fingerprint density at radius 1 is 1.13 bits per heavy atom. The fraction of sp³-hybridized carbons (Fsp3) is 0.478. The molecule has 1 heterocycles. The van der Waals surface area contributed by atoms with Crippen LogP contribution in [0.5, 0.6) is 0 Å². The minimum absolute atomic E-state index is 0.0997. The van der Waals surface area contributed by atoms with Gasteiger partial charge in [-0.25, -0.2) is 13.6 Å². The zero-order valence-corrected chi connectivity index (χ0v) is 19.6. The molecule has 2 aromatic carbocycles. The minimum atomic E-state index is -3.78. The molecular weight excluding hydrogens is 428 g/mol. The van der Waals surface area contributed by atoms with E-state index in [2.05, 4.69) is 18.3 Å². The summed E-state index contributed by atoms with van der Waals surface area (Å²) in [5.41, 5.74) is 9.05. The van der Waals surface area contributed by atoms with Gasteiger partial charge in [-0.15, -0.1) is 0 Å². The maximum Gasteiger partial charge on any atom is 0.238 e. The van der Waals surface area contributed by atoms with Crippen LogP contribution in [0.3, 0.4) is 0 Å². The van der Waals surface area contributed by atoms with Gasteiger partial charge in [0.2, 0.25) is 10.0 Å². The SMILES string of the molecule is C[C@@H](CC1CCCCC1)NCc1ccccc1N1c2cc(S(N)(=O)=O)ccc2SC1N. The number of nitrogens with one attached hydrogen (secondary N) is 1. The maximum atomic E-state index is 11.9. The van der Waals surface area contributed by atoms with Crippen LogP contribution in [-0.2, 0) is 16.6 Å². The van der Waals surface area contributed by atoms with E-state index in [1.54, 1.807) is 12.1 Å². The van der Waals surface area contributed by atoms with Gasteiger partial charge in [-0.1, -0.05) is 62.1 Å². The van der Waals surface area contributed by atoms with Gasteiger partial charge in [-0.3, -0.25) is 0 Å². The summed E-state index contributed by atoms with van der Waals surface area (Å²) in [5, 5.41) is 9.06. The molecule has 1 aliphatic heterocycles. The maximum absolute atomic E-state index is 11.9. The number of nitrogens with zero attached hydrogens (tertiary/aromatic N) is 1. The molecule has 0 bridgehead atoms. The molecule has 0 aromatic heterocycles. The second-order valence-electron chi connectivity index (χ2n) is 8.70. The topological polar surface area (TPSA) is 101 Å². The average Bonchev–Trinajstić information content (AvgIpc) is 3.07. The van der Waals surface area contributed by atoms with E-state index < -0.39 is 10.0 Å². The Kier molecular flexibility index (Phi) is 6.93. The lowest BCUT2D eigenvalue weighted by molar-refractivity contribution is 0.304. The second-order valence-corrected chi connectivity index (χ2v) is 11.4. The Morgan fingerprint density at radius 3 is 2.61 bits per heavy atom. The number of nitrogens with two attached hydrogens (primary N) is 2. The quantitative estimate of drug-likeness (QED) is 0.570. The highest BCUT2D eigenvalue weighted by molar-refractivity contribution is 8.00. The molecule has 0 saturated heterocycles. The van der Waals surface area contributed by atoms with Crippen LogP contribution in [0.2, 0.25) is 0 Å². The first-order chi connectivity index (χ1) is 14.8. The van der Waals surface area contributed by atoms with E-state index in [4.69, 9.17) is 10.9 Å². The smallest absolute Gasteiger partial charge is 0.238 e. The molecule has 2 aromatic rings. The minimum Gasteiger partial charge on any atom is -0.315 e. The number of primary sulfonamides is 1. The Labute approximate surface area is 189 Å². The third kappa shape index (κ3) is 5.26. The summed E-state index contributed by atoms with van der Waals surface area (Å²) in [6.45, 7) is 3.00. The van der Waals surface area contributed by atoms with Gasteiger partial charge in [0.25, 0.3) is 0 Å². The number of thioether (sulfide) groups is 1. The Bertz CT molecular complexity index is 1020. The molecule has 8 heteroatoms. The number of fused-ring (bicyclic) bond motifs is 1. The van der Waals surface area contributed by atoms with Crippen molar-refractivity contribution in [2.75, 3.05) is 4.90 Å². The molecule has 0 spiro atoms. The van der Waals surface area contributed by atoms with Gasteiger partial charge in [0.15, 0.2) is 0 Å². The van der Waals surface area contributed by atoms with E-state index in [-0.39, 0.29) is 10.4 Å². The zero-order valence-electron chi connectivity index (χ0n) is 18.0. The Balaban J connectivity index is 1.53. The molecule has 2 aliphatic rings. The lowest BCUT2D eigenvalue weighted by atomic mass is 9.85. The standard InChI is InChI=1S/C23H32N4O2S2/c1-16(13-17-7-3-2-4-8-17)26-15-18-9-5-6-10-20(18)27-21-14-19(31(25,28)29)11-12-22(21)30-23(27)24/h5-6,9-12,14,16-17,23,26H,2-4,7-8,13,15,24H2,1H3,(H2,25,28,29)/t16-,23?/m0/s1. The first-order valence-corrected chi connectivity index (χ1v) is 13.4. The third-order valence-corrected chi connectivity index (χ3v) is 8.29. The fourth-order valence-electron chi connectivity index (χ4n) is 4.73. The number of para-hydroxylation sites is 1. The highest BCUT2D eigenvalue weighted by Gasteiger charge is 2.31. The van der Waals surface area contributed by atoms with Gasteiger partial charge in [0.05, 0.1) is 10.6 Å². The van der Waals surface area contributed by atoms with Gasteiger partial charge in [0.1, 0.15) is 5.50 Å². The molecule has 31 heavy (non-hydrogen) atoms. The van der Waals surface area contributed by atoms with E-state index in [9.17, 15) is 8.42 Å². The molecule has 168 valence electrons. The Hall–Kier alpha value is -1.58. The van der Waals surface area contributed by atoms with E-state index in [1.807, 2.05) is 23.1 Å². The van der Waals surface area contributed by atoms with E-state index in [0.717, 1.165) is 34.3 Å². The third-order valence-electron chi connectivity index (χ3n) is 6.32. The first kappa shape index (κ1) is 22.6. The number of benzene rings is 2. The average molecular weight is 461 g/mol. The van der Waals surface area contributed by atoms with E-state index in [0.29, 0.717) is 6.04 Å². The summed E-state index contributed by atoms with van der Waals surface area (Å²) in [7, 11) is -3.78. The van der Waals surface area contributed by atoms with Crippen molar-refractivity contribution < 1.29 is 8.42 Å². The van der Waals surface area contributed by atoms with E-state index in [1.165, 1.54) is 56.4 Å². The molecule has 4 rings (SSSR count). The van der Waals surface area contributed by atoms with Gasteiger partial charge in [-0.05, 0) is 49.1 Å². The summed E-state index contributed by atoms with van der Waals surface area (Å²) in [5.74, 6) is 0.832. The molecule has 2 atom stereocenters. The lowest BCUT2D eigenvalue weighted by Gasteiger charge is -2.28. The monoisotopic (exact) mass is 460 g/mol. The van der Waals surface area contributed by atoms with Crippen molar-refractivity contribution in [3.63, 3.8) is 0 Å². The molecule has 1 aliphatic carbocycles. The van der Waals surface area contributed by atoms with Crippen molar-refractivity contribution in [3.05, 3.63) is 48.0 Å². The highest BCUT2D eigenvalue weighted by Crippen LogP contribution is 2.47. The lowest BCUT2D eigenvalue weighted by Crippen LogP contribution is -2.34. The van der Waals surface area contributed by atoms with Crippen LogP contribution in [0, 0.1) is 5.92 Å². The van der Waals surface area contributed by atoms with Gasteiger partial charge >= 0.3 is 0 Å². The highest BCUT2D eigenvalue weighted by atomic mass is 32.2. The van der Waals surface area contributed by atoms with Crippen LogP contribution in [0.4, 0.5) is 11.4 Å². The largest absolute Gasteiger partial charge is 0.315 e. The molecule has 0 radical (unpaired) electrons. The molecular formula is C23H32N4O2S2. The summed E-state index contributed by atoms with van der Waals surface area (Å²) in [6.07, 6.45) is 8.03. The normalized spacial score (nSPS) is 20.6. The van der Waals surface area contributed by atoms with Crippen LogP contribution >= 0.6 is 11.8 Å². The van der Waals surface area contributed by atoms with Crippen LogP contribution in [-0.4, -0.2) is 20.0 Å². The number of rotatable bonds is 7. The van der Waals surface area contributed by atoms with Crippen LogP contribution in [0.15, 0.2) is 52.3 Å². The molecule has 1 saturated carbocycles. The molecule has 1 fully saturated rings. The zero-order chi connectivity index (χ0) is 22.0. The van der Waals surface area contributed by atoms with Crippen molar-refractivity contribution >= 4 is 33.2 Å². The fourth-order valence-corrected chi connectivity index (χ4v) is 6.29. The number of hydrogen-bond acceptors (Lipinski definition) is 6. The summed E-state index contributed by atoms with van der Waals surface area (Å²) < 4.78 is 23.8. The van der Waals surface area contributed by atoms with Crippen molar-refractivity contribution in [2.24, 2.45) is 16.8 Å². The second kappa shape index (κ2) is 9.50. The summed E-state index contributed by atoms with van der Waals surface area (Å²) >= 11 is 1.52. The van der Waals surface area contributed by atoms with Crippen LogP contribution in [0.1, 0.15) is 51.0 Å². The molecule has 5 N–H and O–H groups in total. The predicted molar refractivity (Wildman–Crippen MR) is 128 cm³/mol. The number of hydrogen-bond donors (Lipinski definition) is 3. The summed E-state index contributed by atoms with van der Waals surface area (Å²) in [6, 6.07) is 13.6. The van der Waals surface area contributed by atoms with Crippen molar-refractivity contribution in [3.8, 4) is 0 Å². The van der Waals surface area contributed by atoms with Gasteiger partial charge in [-0.2, -0.15) is 0 Å². The summed E-state index contributed by atoms with van der Waals surface area (Å²) in [4.78, 5) is 3.06.